The molecule has 46 heavy (non-hydrogen) atoms. The van der Waals surface area contributed by atoms with Crippen LogP contribution in [0.3, 0.4) is 0 Å². The van der Waals surface area contributed by atoms with E-state index in [0.29, 0.717) is 76.4 Å². The van der Waals surface area contributed by atoms with Gasteiger partial charge in [0, 0.05) is 60.6 Å². The number of likely N-dealkylation sites (tertiary alicyclic amines) is 1. The summed E-state index contributed by atoms with van der Waals surface area (Å²) in [5, 5.41) is 3.83. The van der Waals surface area contributed by atoms with Crippen LogP contribution < -0.4 is 11.1 Å². The van der Waals surface area contributed by atoms with Crippen molar-refractivity contribution in [2.24, 2.45) is 17.6 Å². The Labute approximate surface area is 268 Å². The van der Waals surface area contributed by atoms with Crippen LogP contribution in [0, 0.1) is 11.8 Å². The fourth-order valence-electron chi connectivity index (χ4n) is 7.27. The van der Waals surface area contributed by atoms with Gasteiger partial charge in [-0.25, -0.2) is 9.18 Å². The number of alkyl halides is 1. The molecule has 6 rings (SSSR count). The average molecular weight is 634 g/mol. The van der Waals surface area contributed by atoms with Crippen molar-refractivity contribution < 1.29 is 28.2 Å². The van der Waals surface area contributed by atoms with Crippen LogP contribution in [0.25, 0.3) is 10.9 Å². The minimum Gasteiger partial charge on any atom is -0.460 e. The Balaban J connectivity index is 1.13. The molecular formula is C35H44FN5O5. The average Bonchev–Trinajstić information content (AvgIpc) is 3.74. The van der Waals surface area contributed by atoms with Gasteiger partial charge in [0.15, 0.2) is 0 Å². The van der Waals surface area contributed by atoms with Gasteiger partial charge in [-0.3, -0.25) is 14.5 Å². The number of carbonyl (C=O) groups excluding carboxylic acids is 3. The molecule has 2 amide bonds. The van der Waals surface area contributed by atoms with Crippen molar-refractivity contribution in [2.75, 3.05) is 58.0 Å². The topological polar surface area (TPSA) is 130 Å². The van der Waals surface area contributed by atoms with E-state index in [1.807, 2.05) is 42.5 Å². The highest BCUT2D eigenvalue weighted by Gasteiger charge is 2.44. The number of aromatic nitrogens is 1. The van der Waals surface area contributed by atoms with Crippen LogP contribution in [0.5, 0.6) is 0 Å². The lowest BCUT2D eigenvalue weighted by molar-refractivity contribution is -0.141. The van der Waals surface area contributed by atoms with Crippen molar-refractivity contribution in [3.05, 3.63) is 65.9 Å². The molecule has 3 heterocycles. The summed E-state index contributed by atoms with van der Waals surface area (Å²) in [4.78, 5) is 47.7. The van der Waals surface area contributed by atoms with E-state index in [-0.39, 0.29) is 29.6 Å². The van der Waals surface area contributed by atoms with Gasteiger partial charge in [0.25, 0.3) is 0 Å². The fourth-order valence-corrected chi connectivity index (χ4v) is 7.27. The quantitative estimate of drug-likeness (QED) is 0.287. The van der Waals surface area contributed by atoms with Crippen LogP contribution in [0.4, 0.5) is 10.1 Å². The number of nitrogens with one attached hydrogen (secondary N) is 2. The molecule has 3 aromatic rings. The van der Waals surface area contributed by atoms with E-state index < -0.39 is 24.7 Å². The summed E-state index contributed by atoms with van der Waals surface area (Å²) in [6, 6.07) is 15.9. The van der Waals surface area contributed by atoms with E-state index in [1.54, 1.807) is 17.0 Å². The number of hydrogen-bond acceptors (Lipinski definition) is 7. The molecule has 1 saturated carbocycles. The van der Waals surface area contributed by atoms with Crippen LogP contribution in [0.1, 0.15) is 54.1 Å². The first kappa shape index (κ1) is 32.2. The number of morpholine rings is 1. The van der Waals surface area contributed by atoms with Gasteiger partial charge in [-0.2, -0.15) is 0 Å². The number of fused-ring (bicyclic) bond motifs is 1. The van der Waals surface area contributed by atoms with Crippen LogP contribution in [0.2, 0.25) is 0 Å². The lowest BCUT2D eigenvalue weighted by atomic mass is 9.78. The maximum atomic E-state index is 14.0. The summed E-state index contributed by atoms with van der Waals surface area (Å²) in [5.41, 5.74) is 8.65. The number of benzene rings is 2. The van der Waals surface area contributed by atoms with Crippen LogP contribution in [0.15, 0.2) is 54.6 Å². The van der Waals surface area contributed by atoms with Gasteiger partial charge in [0.2, 0.25) is 11.8 Å². The Hall–Kier alpha value is -3.80. The van der Waals surface area contributed by atoms with Crippen molar-refractivity contribution in [1.82, 2.24) is 14.8 Å². The van der Waals surface area contributed by atoms with E-state index in [4.69, 9.17) is 15.2 Å². The molecule has 3 aliphatic rings. The number of ether oxygens (including phenoxy) is 2. The molecule has 0 spiro atoms. The molecule has 3 atom stereocenters. The molecule has 4 N–H and O–H groups in total. The predicted octanol–water partition coefficient (Wildman–Crippen LogP) is 4.08. The number of amides is 2. The van der Waals surface area contributed by atoms with Gasteiger partial charge < -0.3 is 30.4 Å². The van der Waals surface area contributed by atoms with Gasteiger partial charge in [0.05, 0.1) is 13.2 Å². The number of carbonyl (C=O) groups is 3. The first-order valence-electron chi connectivity index (χ1n) is 16.5. The lowest BCUT2D eigenvalue weighted by Crippen LogP contribution is -2.48. The number of halogens is 1. The summed E-state index contributed by atoms with van der Waals surface area (Å²) in [6.45, 7) is 3.93. The number of nitrogens with zero attached hydrogens (tertiary/aromatic N) is 2. The largest absolute Gasteiger partial charge is 0.460 e. The minimum absolute atomic E-state index is 0.0105. The van der Waals surface area contributed by atoms with Crippen LogP contribution >= 0.6 is 0 Å². The molecule has 1 aromatic heterocycles. The second kappa shape index (κ2) is 14.7. The summed E-state index contributed by atoms with van der Waals surface area (Å²) >= 11 is 0. The third-order valence-corrected chi connectivity index (χ3v) is 9.93. The monoisotopic (exact) mass is 633 g/mol. The van der Waals surface area contributed by atoms with Gasteiger partial charge in [0.1, 0.15) is 25.0 Å². The maximum absolute atomic E-state index is 14.0. The van der Waals surface area contributed by atoms with Gasteiger partial charge >= 0.3 is 5.97 Å². The predicted molar refractivity (Wildman–Crippen MR) is 173 cm³/mol. The Morgan fingerprint density at radius 3 is 2.50 bits per heavy atom. The van der Waals surface area contributed by atoms with E-state index in [1.165, 1.54) is 0 Å². The highest BCUT2D eigenvalue weighted by Crippen LogP contribution is 2.38. The number of rotatable bonds is 10. The summed E-state index contributed by atoms with van der Waals surface area (Å²) in [7, 11) is 0. The van der Waals surface area contributed by atoms with Crippen LogP contribution in [-0.4, -0.2) is 97.3 Å². The van der Waals surface area contributed by atoms with E-state index in [0.717, 1.165) is 29.6 Å². The van der Waals surface area contributed by atoms with Crippen LogP contribution in [-0.2, 0) is 19.1 Å². The Kier molecular flexibility index (Phi) is 10.3. The van der Waals surface area contributed by atoms with Crippen molar-refractivity contribution in [3.63, 3.8) is 0 Å². The molecule has 3 fully saturated rings. The summed E-state index contributed by atoms with van der Waals surface area (Å²) in [5.74, 6) is -0.937. The van der Waals surface area contributed by atoms with E-state index in [2.05, 4.69) is 15.2 Å². The zero-order valence-corrected chi connectivity index (χ0v) is 26.2. The minimum atomic E-state index is -0.667. The molecule has 0 bridgehead atoms. The molecular weight excluding hydrogens is 589 g/mol. The summed E-state index contributed by atoms with van der Waals surface area (Å²) < 4.78 is 24.0. The SMILES string of the molecule is N[C@H](CF)[C@H]1CC[C@H](C(=O)N2CC[C@H](c3ccccc3)[C@H]2C(=O)Nc2ccc3[nH]c(C(=O)OCCN4CCOCC4)cc3c2)CC1. The van der Waals surface area contributed by atoms with Gasteiger partial charge in [-0.15, -0.1) is 0 Å². The Morgan fingerprint density at radius 2 is 1.76 bits per heavy atom. The molecule has 1 aliphatic carbocycles. The summed E-state index contributed by atoms with van der Waals surface area (Å²) in [6.07, 6.45) is 3.42. The van der Waals surface area contributed by atoms with Crippen molar-refractivity contribution in [3.8, 4) is 0 Å². The van der Waals surface area contributed by atoms with E-state index in [9.17, 15) is 18.8 Å². The smallest absolute Gasteiger partial charge is 0.354 e. The molecule has 2 saturated heterocycles. The number of esters is 1. The molecule has 11 heteroatoms. The maximum Gasteiger partial charge on any atom is 0.354 e. The number of nitrogens with two attached hydrogens (primary N) is 1. The number of H-pyrrole nitrogens is 1. The Morgan fingerprint density at radius 1 is 1.00 bits per heavy atom. The van der Waals surface area contributed by atoms with E-state index >= 15 is 0 Å². The molecule has 10 nitrogen and oxygen atoms in total. The highest BCUT2D eigenvalue weighted by molar-refractivity contribution is 6.01. The molecule has 246 valence electrons. The zero-order chi connectivity index (χ0) is 32.0. The Bertz CT molecular complexity index is 1500. The highest BCUT2D eigenvalue weighted by atomic mass is 19.1. The van der Waals surface area contributed by atoms with Crippen molar-refractivity contribution in [2.45, 2.75) is 50.1 Å². The molecule has 0 unspecified atom stereocenters. The van der Waals surface area contributed by atoms with Crippen molar-refractivity contribution in [1.29, 1.82) is 0 Å². The second-order valence-corrected chi connectivity index (χ2v) is 12.8. The standard InChI is InChI=1S/C35H44FN5O5/c36-22-29(37)24-6-8-25(9-7-24)34(43)41-13-12-28(23-4-2-1-3-5-23)32(41)33(42)38-27-10-11-30-26(20-27)21-31(39-30)35(44)46-19-16-40-14-17-45-18-15-40/h1-5,10-11,20-21,24-25,28-29,32,39H,6-9,12-19,22,37H2,(H,38,42)/t24-,25-,28-,29-,32+/m1/s1. The zero-order valence-electron chi connectivity index (χ0n) is 26.2. The molecule has 2 aromatic carbocycles. The third kappa shape index (κ3) is 7.27. The normalized spacial score (nSPS) is 24.5. The van der Waals surface area contributed by atoms with Crippen molar-refractivity contribution >= 4 is 34.4 Å². The lowest BCUT2D eigenvalue weighted by Gasteiger charge is -2.35. The fraction of sp³-hybridized carbons (Fsp3) is 0.514. The molecule has 2 aliphatic heterocycles. The third-order valence-electron chi connectivity index (χ3n) is 9.93. The second-order valence-electron chi connectivity index (χ2n) is 12.8. The molecule has 0 radical (unpaired) electrons. The number of anilines is 1. The van der Waals surface area contributed by atoms with Gasteiger partial charge in [-0.1, -0.05) is 30.3 Å². The van der Waals surface area contributed by atoms with Gasteiger partial charge in [-0.05, 0) is 67.9 Å². The number of hydrogen-bond donors (Lipinski definition) is 3. The first-order chi connectivity index (χ1) is 22.4. The first-order valence-corrected chi connectivity index (χ1v) is 16.5. The number of aromatic amines is 1.